The molecule has 0 aliphatic heterocycles. The largest absolute Gasteiger partial charge is 0.385 e. The van der Waals surface area contributed by atoms with Crippen molar-refractivity contribution in [1.29, 1.82) is 5.39 Å². The Kier molecular flexibility index (Phi) is 36.8. The summed E-state index contributed by atoms with van der Waals surface area (Å²) in [5.74, 6) is -1.87. The third kappa shape index (κ3) is 30.1. The van der Waals surface area contributed by atoms with E-state index in [-0.39, 0.29) is 46.5 Å². The Morgan fingerprint density at radius 2 is 0.712 bits per heavy atom. The van der Waals surface area contributed by atoms with Crippen molar-refractivity contribution in [3.8, 4) is 11.1 Å². The molecule has 652 valence electrons. The van der Waals surface area contributed by atoms with Crippen LogP contribution in [0.2, 0.25) is 0 Å². The van der Waals surface area contributed by atoms with Crippen LogP contribution >= 0.6 is 0 Å². The lowest BCUT2D eigenvalue weighted by Crippen LogP contribution is -2.41. The molecule has 0 aliphatic rings. The summed E-state index contributed by atoms with van der Waals surface area (Å²) in [7, 11) is 0.336. The number of hydrogen-bond donors (Lipinski definition) is 0. The highest BCUT2D eigenvalue weighted by atomic mass is 32.2. The molecule has 0 aliphatic carbocycles. The maximum absolute atomic E-state index is 13.6. The van der Waals surface area contributed by atoms with Crippen LogP contribution in [0.1, 0.15) is 44.3 Å². The van der Waals surface area contributed by atoms with Gasteiger partial charge in [-0.25, -0.2) is 30.9 Å². The molecule has 5 aromatic heterocycles. The topological polar surface area (TPSA) is 100 Å². The van der Waals surface area contributed by atoms with Crippen LogP contribution in [0.5, 0.6) is 0 Å². The van der Waals surface area contributed by atoms with Gasteiger partial charge in [0.2, 0.25) is 48.0 Å². The molecule has 19 rings (SSSR count). The Morgan fingerprint density at radius 1 is 0.318 bits per heavy atom. The van der Waals surface area contributed by atoms with Crippen LogP contribution in [0, 0.1) is 40.3 Å². The first kappa shape index (κ1) is 95.1. The Morgan fingerprint density at radius 3 is 1.18 bits per heavy atom. The van der Waals surface area contributed by atoms with Gasteiger partial charge in [-0.1, -0.05) is 224 Å². The summed E-state index contributed by atoms with van der Waals surface area (Å²) in [4.78, 5) is 42.1. The molecule has 0 amide bonds. The minimum Gasteiger partial charge on any atom is -0.289 e. The summed E-state index contributed by atoms with van der Waals surface area (Å²) in [6.07, 6.45) is 17.5. The van der Waals surface area contributed by atoms with Crippen molar-refractivity contribution in [2.24, 2.45) is 0 Å². The molecule has 19 heteroatoms. The fourth-order valence-corrected chi connectivity index (χ4v) is 17.5. The monoisotopic (exact) mass is 1790 g/mol. The third-order valence-corrected chi connectivity index (χ3v) is 24.2. The van der Waals surface area contributed by atoms with Gasteiger partial charge in [-0.2, -0.15) is 9.13 Å². The van der Waals surface area contributed by atoms with Crippen molar-refractivity contribution in [3.05, 3.63) is 560 Å². The van der Waals surface area contributed by atoms with Gasteiger partial charge in [0.1, 0.15) is 42.0 Å². The number of pyridine rings is 5. The van der Waals surface area contributed by atoms with Gasteiger partial charge < -0.3 is 0 Å². The molecular weight excluding hydrogens is 1700 g/mol. The van der Waals surface area contributed by atoms with Gasteiger partial charge in [-0.15, -0.1) is 0 Å². The van der Waals surface area contributed by atoms with Gasteiger partial charge >= 0.3 is 5.69 Å². The normalized spacial score (nSPS) is 10.3. The number of benzene rings is 14. The number of ketones is 2. The van der Waals surface area contributed by atoms with E-state index in [4.69, 9.17) is 15.1 Å². The molecule has 5 heterocycles. The van der Waals surface area contributed by atoms with E-state index in [1.165, 1.54) is 117 Å². The zero-order valence-electron chi connectivity index (χ0n) is 72.4. The Hall–Kier alpha value is -16.0. The maximum atomic E-state index is 13.6. The summed E-state index contributed by atoms with van der Waals surface area (Å²) < 4.78 is 89.8. The average Bonchev–Trinajstić information content (AvgIpc) is 0.804. The van der Waals surface area contributed by atoms with Crippen molar-refractivity contribution >= 4 is 60.7 Å². The highest BCUT2D eigenvalue weighted by Gasteiger charge is 2.31. The van der Waals surface area contributed by atoms with E-state index >= 15 is 0 Å². The van der Waals surface area contributed by atoms with E-state index < -0.39 is 21.8 Å². The van der Waals surface area contributed by atoms with Crippen LogP contribution in [0.25, 0.3) is 37.8 Å². The molecule has 0 saturated heterocycles. The second kappa shape index (κ2) is 51.1. The summed E-state index contributed by atoms with van der Waals surface area (Å²) in [6, 6.07) is 132. The van der Waals surface area contributed by atoms with Gasteiger partial charge in [0, 0.05) is 128 Å². The van der Waals surface area contributed by atoms with Crippen molar-refractivity contribution < 1.29 is 68.8 Å². The molecule has 14 aromatic carbocycles. The number of para-hydroxylation sites is 1. The molecule has 0 spiro atoms. The van der Waals surface area contributed by atoms with E-state index in [2.05, 4.69) is 123 Å². The van der Waals surface area contributed by atoms with Crippen molar-refractivity contribution in [2.45, 2.75) is 55.9 Å². The van der Waals surface area contributed by atoms with Gasteiger partial charge in [-0.05, 0) is 151 Å². The first-order chi connectivity index (χ1) is 64.6. The SMILES string of the molecule is CCO[n+]1ccc2ccccc2c1.CO[n+]1ccc(-c2ccccc2)cc1.Fc1ccc([S+](c2ccc(F)cc2)c2ccc(F)cc2)cc1.Fc1cccc([S+](c2cccc(F)c2)c2cccc(F)c2)c1.N#[N+]c1ccccc1.O=C(C[n+]1ccccc1)c1ccccc1.O=C(c1ccccc1)c1cc[n+](Cc2ccccc2)cc1.c1ccc(C[n+]2cccc3ccccc32)cc1. The van der Waals surface area contributed by atoms with E-state index in [9.17, 15) is 35.9 Å². The molecule has 0 radical (unpaired) electrons. The number of rotatable bonds is 19. The standard InChI is InChI=1S/C19H16NO.2C18H12F3S.C16H14N.C13H12NO.C12H12NO.C11H12NO.C6H5N2/c21-19(17-9-5-2-6-10-17)18-11-13-20(14-12-18)15-16-7-3-1-4-8-16;19-13-1-7-16(8-2-13)22(17-9-3-14(20)4-10-17)18-11-5-15(21)6-12-18;19-13-4-1-7-16(10-13)22(17-8-2-5-14(20)11-17)18-9-3-6-15(21)12-18;1-2-7-14(8-3-1)13-17-12-6-10-15-9-4-5-11-16(15)17;15-13(12-7-3-1-4-8-12)11-14-9-5-2-6-10-14;1-14-13-9-7-12(8-10-13)11-5-3-2-4-6-11;1-2-13-12-8-7-10-5-3-4-6-11(10)9-12;7-8-6-4-2-1-3-5-6/h1-14H,15H2;2*1-12H;1-12H,13H2;1-10H,11H2;2-10H,1H3;3-9H,2H2,1H3;1-5H/q8*+1. The molecule has 11 nitrogen and oxygen atoms in total. The first-order valence-electron chi connectivity index (χ1n) is 42.3. The third-order valence-electron chi connectivity index (χ3n) is 19.8. The molecule has 0 N–H and O–H groups in total. The van der Waals surface area contributed by atoms with E-state index in [0.717, 1.165) is 38.9 Å². The molecule has 132 heavy (non-hydrogen) atoms. The lowest BCUT2D eigenvalue weighted by Gasteiger charge is -2.08. The van der Waals surface area contributed by atoms with E-state index in [1.54, 1.807) is 101 Å². The second-order valence-corrected chi connectivity index (χ2v) is 33.1. The smallest absolute Gasteiger partial charge is 0.289 e. The summed E-state index contributed by atoms with van der Waals surface area (Å²) in [6.45, 7) is 4.78. The molecule has 0 unspecified atom stereocenters. The number of hydrogen-bond acceptors (Lipinski definition) is 5. The minimum absolute atomic E-state index is 0.0578. The number of fused-ring (bicyclic) bond motifs is 2. The molecular formula is C113H95F6N7O4S2+8. The second-order valence-electron chi connectivity index (χ2n) is 29.1. The molecule has 0 atom stereocenters. The van der Waals surface area contributed by atoms with Crippen molar-refractivity contribution in [3.63, 3.8) is 0 Å². The lowest BCUT2D eigenvalue weighted by molar-refractivity contribution is -0.890. The van der Waals surface area contributed by atoms with Crippen molar-refractivity contribution in [2.75, 3.05) is 13.7 Å². The zero-order valence-corrected chi connectivity index (χ0v) is 74.1. The number of halogens is 6. The highest BCUT2D eigenvalue weighted by molar-refractivity contribution is 7.97. The number of nitrogens with zero attached hydrogens (tertiary/aromatic N) is 7. The van der Waals surface area contributed by atoms with Gasteiger partial charge in [0.15, 0.2) is 90.8 Å². The number of Topliss-reactive ketones (excluding diaryl/α,β-unsaturated/α-hetero) is 1. The fraction of sp³-hybridized carbons (Fsp3) is 0.0531. The highest BCUT2D eigenvalue weighted by Crippen LogP contribution is 2.34. The number of aromatic nitrogens is 5. The van der Waals surface area contributed by atoms with Crippen LogP contribution in [0.4, 0.5) is 32.0 Å². The molecule has 19 aromatic rings. The summed E-state index contributed by atoms with van der Waals surface area (Å²) in [5, 5.41) is 11.9. The van der Waals surface area contributed by atoms with Crippen LogP contribution in [-0.4, -0.2) is 25.3 Å². The Bertz CT molecular complexity index is 6560. The fourth-order valence-electron chi connectivity index (χ4n) is 13.3. The zero-order chi connectivity index (χ0) is 92.3. The lowest BCUT2D eigenvalue weighted by atomic mass is 10.0. The van der Waals surface area contributed by atoms with Gasteiger partial charge in [0.05, 0.1) is 27.2 Å². The van der Waals surface area contributed by atoms with E-state index in [0.29, 0.717) is 39.1 Å². The number of diazo groups is 1. The number of carbonyl (C=O) groups excluding carboxylic acids is 2. The molecule has 0 saturated carbocycles. The Balaban J connectivity index is 0.000000138. The van der Waals surface area contributed by atoms with Crippen LogP contribution in [-0.2, 0) is 41.4 Å². The maximum Gasteiger partial charge on any atom is 0.385 e. The van der Waals surface area contributed by atoms with Crippen LogP contribution in [0.15, 0.2) is 522 Å². The molecule has 0 fully saturated rings. The van der Waals surface area contributed by atoms with Crippen LogP contribution < -0.4 is 32.8 Å². The Labute approximate surface area is 770 Å². The predicted molar refractivity (Wildman–Crippen MR) is 509 cm³/mol. The quantitative estimate of drug-likeness (QED) is 0.0264. The van der Waals surface area contributed by atoms with Crippen LogP contribution in [0.3, 0.4) is 0 Å². The first-order valence-corrected chi connectivity index (χ1v) is 44.7. The van der Waals surface area contributed by atoms with Gasteiger partial charge in [0.25, 0.3) is 0 Å². The number of carbonyl (C=O) groups is 2. The molecule has 0 bridgehead atoms. The van der Waals surface area contributed by atoms with Crippen molar-refractivity contribution in [1.82, 2.24) is 0 Å². The summed E-state index contributed by atoms with van der Waals surface area (Å²) in [5.41, 5.74) is 9.04. The van der Waals surface area contributed by atoms with Gasteiger partial charge in [-0.3, -0.25) is 19.3 Å². The minimum atomic E-state index is -0.765. The van der Waals surface area contributed by atoms with E-state index in [1.807, 2.05) is 237 Å². The summed E-state index contributed by atoms with van der Waals surface area (Å²) >= 11 is 0. The average molecular weight is 1790 g/mol. The predicted octanol–water partition coefficient (Wildman–Crippen LogP) is 24.1.